The Kier molecular flexibility index (Phi) is 3.74. The summed E-state index contributed by atoms with van der Waals surface area (Å²) in [7, 11) is 0. The molecular formula is C14H13ClN2O4. The molecule has 0 bridgehead atoms. The van der Waals surface area contributed by atoms with Crippen LogP contribution in [0.5, 0.6) is 0 Å². The van der Waals surface area contributed by atoms with Crippen molar-refractivity contribution in [3.63, 3.8) is 0 Å². The van der Waals surface area contributed by atoms with Crippen molar-refractivity contribution in [2.45, 2.75) is 13.3 Å². The van der Waals surface area contributed by atoms with E-state index < -0.39 is 17.4 Å². The first-order valence-corrected chi connectivity index (χ1v) is 6.42. The number of carboxylic acids is 2. The molecule has 6 nitrogen and oxygen atoms in total. The monoisotopic (exact) mass is 308 g/mol. The Morgan fingerprint density at radius 1 is 1.38 bits per heavy atom. The Labute approximate surface area is 125 Å². The molecule has 21 heavy (non-hydrogen) atoms. The van der Waals surface area contributed by atoms with Crippen molar-refractivity contribution in [2.24, 2.45) is 5.41 Å². The number of aliphatic carboxylic acids is 2. The molecule has 7 heteroatoms. The number of carbonyl (C=O) groups is 2. The Morgan fingerprint density at radius 2 is 2.05 bits per heavy atom. The van der Waals surface area contributed by atoms with E-state index in [1.165, 1.54) is 25.4 Å². The van der Waals surface area contributed by atoms with Gasteiger partial charge in [-0.2, -0.15) is 0 Å². The normalized spacial score (nSPS) is 21.9. The van der Waals surface area contributed by atoms with Gasteiger partial charge in [-0.3, -0.25) is 9.78 Å². The van der Waals surface area contributed by atoms with Gasteiger partial charge in [0.2, 0.25) is 0 Å². The Morgan fingerprint density at radius 3 is 2.57 bits per heavy atom. The molecule has 1 aromatic heterocycles. The molecule has 4 N–H and O–H groups in total. The van der Waals surface area contributed by atoms with Crippen molar-refractivity contribution in [3.05, 3.63) is 40.7 Å². The summed E-state index contributed by atoms with van der Waals surface area (Å²) in [5.74, 6) is -2.37. The van der Waals surface area contributed by atoms with Gasteiger partial charge in [-0.1, -0.05) is 17.7 Å². The van der Waals surface area contributed by atoms with Crippen LogP contribution in [0, 0.1) is 5.41 Å². The minimum atomic E-state index is -1.36. The third-order valence-corrected chi connectivity index (χ3v) is 3.76. The molecule has 1 atom stereocenters. The van der Waals surface area contributed by atoms with Crippen LogP contribution in [0.15, 0.2) is 35.1 Å². The van der Waals surface area contributed by atoms with Crippen LogP contribution in [-0.2, 0) is 9.59 Å². The maximum Gasteiger partial charge on any atom is 0.333 e. The highest BCUT2D eigenvalue weighted by Gasteiger charge is 2.39. The fourth-order valence-electron chi connectivity index (χ4n) is 2.16. The fourth-order valence-corrected chi connectivity index (χ4v) is 2.47. The molecule has 0 amide bonds. The molecule has 0 aromatic carbocycles. The molecule has 2 rings (SSSR count). The highest BCUT2D eigenvalue weighted by atomic mass is 35.5. The van der Waals surface area contributed by atoms with Gasteiger partial charge in [0.05, 0.1) is 21.7 Å². The molecule has 1 aromatic rings. The van der Waals surface area contributed by atoms with Gasteiger partial charge in [0.1, 0.15) is 0 Å². The molecule has 0 aliphatic heterocycles. The summed E-state index contributed by atoms with van der Waals surface area (Å²) in [4.78, 5) is 26.7. The first kappa shape index (κ1) is 15.1. The van der Waals surface area contributed by atoms with Crippen LogP contribution < -0.4 is 5.73 Å². The van der Waals surface area contributed by atoms with E-state index in [9.17, 15) is 19.8 Å². The zero-order valence-electron chi connectivity index (χ0n) is 11.1. The SMILES string of the molecule is CC1(C(=O)O)C=C(c2cncc(N)c2)C(Cl)=C(C(=O)O)C1. The summed E-state index contributed by atoms with van der Waals surface area (Å²) in [6, 6.07) is 1.56. The lowest BCUT2D eigenvalue weighted by Crippen LogP contribution is -2.30. The summed E-state index contributed by atoms with van der Waals surface area (Å²) < 4.78 is 0. The molecule has 0 saturated carbocycles. The minimum absolute atomic E-state index is 0.00799. The van der Waals surface area contributed by atoms with Crippen LogP contribution >= 0.6 is 11.6 Å². The molecule has 0 radical (unpaired) electrons. The van der Waals surface area contributed by atoms with Gasteiger partial charge in [0.15, 0.2) is 0 Å². The number of hydrogen-bond acceptors (Lipinski definition) is 4. The van der Waals surface area contributed by atoms with E-state index in [4.69, 9.17) is 17.3 Å². The number of rotatable bonds is 3. The summed E-state index contributed by atoms with van der Waals surface area (Å²) in [6.07, 6.45) is 4.15. The van der Waals surface area contributed by atoms with Gasteiger partial charge in [-0.05, 0) is 18.6 Å². The van der Waals surface area contributed by atoms with E-state index >= 15 is 0 Å². The van der Waals surface area contributed by atoms with Crippen molar-refractivity contribution in [1.82, 2.24) is 4.98 Å². The molecule has 0 spiro atoms. The van der Waals surface area contributed by atoms with Crippen molar-refractivity contribution < 1.29 is 19.8 Å². The van der Waals surface area contributed by atoms with E-state index in [1.54, 1.807) is 6.07 Å². The average Bonchev–Trinajstić information content (AvgIpc) is 2.40. The molecule has 0 saturated heterocycles. The summed E-state index contributed by atoms with van der Waals surface area (Å²) in [5.41, 5.74) is 5.32. The van der Waals surface area contributed by atoms with Crippen LogP contribution in [0.1, 0.15) is 18.9 Å². The number of carboxylic acid groups (broad SMARTS) is 2. The minimum Gasteiger partial charge on any atom is -0.481 e. The number of anilines is 1. The number of halogens is 1. The maximum absolute atomic E-state index is 11.5. The molecule has 1 unspecified atom stereocenters. The smallest absolute Gasteiger partial charge is 0.333 e. The van der Waals surface area contributed by atoms with Gasteiger partial charge in [0, 0.05) is 24.4 Å². The number of nitrogens with zero attached hydrogens (tertiary/aromatic N) is 1. The largest absolute Gasteiger partial charge is 0.481 e. The summed E-state index contributed by atoms with van der Waals surface area (Å²) >= 11 is 6.13. The predicted molar refractivity (Wildman–Crippen MR) is 77.5 cm³/mol. The molecule has 110 valence electrons. The number of hydrogen-bond donors (Lipinski definition) is 3. The quantitative estimate of drug-likeness (QED) is 0.788. The Balaban J connectivity index is 2.66. The average molecular weight is 309 g/mol. The van der Waals surface area contributed by atoms with Crippen molar-refractivity contribution in [2.75, 3.05) is 5.73 Å². The van der Waals surface area contributed by atoms with Crippen LogP contribution in [0.4, 0.5) is 5.69 Å². The maximum atomic E-state index is 11.5. The lowest BCUT2D eigenvalue weighted by atomic mass is 9.76. The van der Waals surface area contributed by atoms with Crippen LogP contribution in [0.2, 0.25) is 0 Å². The second kappa shape index (κ2) is 5.21. The van der Waals surface area contributed by atoms with Crippen molar-refractivity contribution in [1.29, 1.82) is 0 Å². The molecule has 1 aliphatic carbocycles. The van der Waals surface area contributed by atoms with Gasteiger partial charge >= 0.3 is 11.9 Å². The summed E-state index contributed by atoms with van der Waals surface area (Å²) in [5, 5.41) is 18.6. The van der Waals surface area contributed by atoms with Gasteiger partial charge < -0.3 is 15.9 Å². The molecule has 0 fully saturated rings. The van der Waals surface area contributed by atoms with E-state index in [0.29, 0.717) is 16.8 Å². The van der Waals surface area contributed by atoms with Crippen LogP contribution in [0.25, 0.3) is 5.57 Å². The van der Waals surface area contributed by atoms with E-state index in [0.717, 1.165) is 0 Å². The first-order chi connectivity index (χ1) is 9.74. The highest BCUT2D eigenvalue weighted by molar-refractivity contribution is 6.39. The Hall–Kier alpha value is -2.34. The van der Waals surface area contributed by atoms with Crippen LogP contribution in [-0.4, -0.2) is 27.1 Å². The highest BCUT2D eigenvalue weighted by Crippen LogP contribution is 2.43. The summed E-state index contributed by atoms with van der Waals surface area (Å²) in [6.45, 7) is 1.45. The third-order valence-electron chi connectivity index (χ3n) is 3.33. The predicted octanol–water partition coefficient (Wildman–Crippen LogP) is 2.12. The van der Waals surface area contributed by atoms with Crippen LogP contribution in [0.3, 0.4) is 0 Å². The number of nitrogens with two attached hydrogens (primary N) is 1. The first-order valence-electron chi connectivity index (χ1n) is 6.04. The molecule has 1 aliphatic rings. The number of aromatic nitrogens is 1. The number of pyridine rings is 1. The van der Waals surface area contributed by atoms with Crippen molar-refractivity contribution >= 4 is 34.8 Å². The second-order valence-electron chi connectivity index (χ2n) is 5.06. The zero-order chi connectivity index (χ0) is 15.8. The van der Waals surface area contributed by atoms with Gasteiger partial charge in [-0.25, -0.2) is 4.79 Å². The lowest BCUT2D eigenvalue weighted by Gasteiger charge is -2.28. The molecular weight excluding hydrogens is 296 g/mol. The van der Waals surface area contributed by atoms with Gasteiger partial charge in [0.25, 0.3) is 0 Å². The fraction of sp³-hybridized carbons (Fsp3) is 0.214. The standard InChI is InChI=1S/C14H13ClN2O4/c1-14(13(20)21)3-9(7-2-8(16)6-17-5-7)11(15)10(4-14)12(18)19/h2-3,5-6H,4,16H2,1H3,(H,18,19)(H,20,21). The topological polar surface area (TPSA) is 114 Å². The Bertz CT molecular complexity index is 696. The molecule has 1 heterocycles. The lowest BCUT2D eigenvalue weighted by molar-refractivity contribution is -0.145. The zero-order valence-corrected chi connectivity index (χ0v) is 11.9. The number of allylic oxidation sites excluding steroid dienone is 2. The number of nitrogen functional groups attached to an aromatic ring is 1. The third kappa shape index (κ3) is 2.75. The van der Waals surface area contributed by atoms with E-state index in [-0.39, 0.29) is 17.0 Å². The second-order valence-corrected chi connectivity index (χ2v) is 5.44. The van der Waals surface area contributed by atoms with E-state index in [2.05, 4.69) is 4.98 Å². The van der Waals surface area contributed by atoms with E-state index in [1.807, 2.05) is 0 Å². The van der Waals surface area contributed by atoms with Crippen molar-refractivity contribution in [3.8, 4) is 0 Å². The van der Waals surface area contributed by atoms with Gasteiger partial charge in [-0.15, -0.1) is 0 Å².